The number of hydrogen-bond donors (Lipinski definition) is 0. The Kier molecular flexibility index (Phi) is 7.75. The number of allylic oxidation sites excluding steroid dienone is 4. The van der Waals surface area contributed by atoms with Crippen LogP contribution in [0, 0.1) is 0 Å². The molecule has 0 saturated heterocycles. The quantitative estimate of drug-likeness (QED) is 0.165. The topological polar surface area (TPSA) is 8.17 Å². The molecule has 0 radical (unpaired) electrons. The lowest BCUT2D eigenvalue weighted by Crippen LogP contribution is -2.28. The third kappa shape index (κ3) is 5.25. The normalized spacial score (nSPS) is 16.7. The number of rotatable bonds is 6. The molecular formula is C56H44N2. The molecule has 8 aromatic carbocycles. The molecule has 0 N–H and O–H groups in total. The molecule has 2 aliphatic carbocycles. The highest BCUT2D eigenvalue weighted by molar-refractivity contribution is 6.12. The minimum atomic E-state index is -0.153. The maximum absolute atomic E-state index is 2.55. The Bertz CT molecular complexity index is 3130. The van der Waals surface area contributed by atoms with Crippen molar-refractivity contribution in [2.75, 3.05) is 4.90 Å². The van der Waals surface area contributed by atoms with Gasteiger partial charge in [-0.3, -0.25) is 0 Å². The fourth-order valence-electron chi connectivity index (χ4n) is 10.1. The summed E-state index contributed by atoms with van der Waals surface area (Å²) in [5, 5.41) is 4.98. The number of hydrogen-bond acceptors (Lipinski definition) is 1. The molecule has 278 valence electrons. The molecule has 2 aliphatic rings. The number of nitrogens with zero attached hydrogens (tertiary/aromatic N) is 2. The van der Waals surface area contributed by atoms with Gasteiger partial charge in [0.15, 0.2) is 0 Å². The second-order valence-electron chi connectivity index (χ2n) is 16.8. The summed E-state index contributed by atoms with van der Waals surface area (Å²) < 4.78 is 2.39. The van der Waals surface area contributed by atoms with Crippen LogP contribution in [0.4, 0.5) is 11.4 Å². The lowest BCUT2D eigenvalue weighted by Gasteiger charge is -2.37. The zero-order valence-corrected chi connectivity index (χ0v) is 33.2. The molecule has 2 heteroatoms. The van der Waals surface area contributed by atoms with Crippen LogP contribution in [0.2, 0.25) is 0 Å². The van der Waals surface area contributed by atoms with Crippen LogP contribution in [0.15, 0.2) is 206 Å². The number of fused-ring (bicyclic) bond motifs is 7. The fraction of sp³-hybridized carbons (Fsp3) is 0.107. The van der Waals surface area contributed by atoms with Crippen molar-refractivity contribution in [3.63, 3.8) is 0 Å². The first-order valence-electron chi connectivity index (χ1n) is 20.5. The Morgan fingerprint density at radius 3 is 1.98 bits per heavy atom. The van der Waals surface area contributed by atoms with Crippen LogP contribution in [0.25, 0.3) is 60.5 Å². The minimum absolute atomic E-state index is 0.110. The van der Waals surface area contributed by atoms with E-state index in [0.717, 1.165) is 6.42 Å². The molecule has 1 aromatic heterocycles. The van der Waals surface area contributed by atoms with Crippen LogP contribution in [-0.4, -0.2) is 4.57 Å². The van der Waals surface area contributed by atoms with Gasteiger partial charge in [-0.05, 0) is 98.9 Å². The van der Waals surface area contributed by atoms with E-state index in [2.05, 4.69) is 230 Å². The molecule has 0 saturated carbocycles. The summed E-state index contributed by atoms with van der Waals surface area (Å²) in [5.41, 5.74) is 16.2. The van der Waals surface area contributed by atoms with Crippen LogP contribution in [-0.2, 0) is 10.8 Å². The first-order chi connectivity index (χ1) is 28.4. The highest BCUT2D eigenvalue weighted by atomic mass is 15.2. The zero-order valence-electron chi connectivity index (χ0n) is 33.2. The Morgan fingerprint density at radius 2 is 1.16 bits per heavy atom. The van der Waals surface area contributed by atoms with E-state index in [1.165, 1.54) is 94.3 Å². The second-order valence-corrected chi connectivity index (χ2v) is 16.8. The van der Waals surface area contributed by atoms with Gasteiger partial charge in [0.25, 0.3) is 0 Å². The maximum atomic E-state index is 2.55. The molecule has 2 nitrogen and oxygen atoms in total. The molecule has 1 unspecified atom stereocenters. The highest BCUT2D eigenvalue weighted by Crippen LogP contribution is 2.52. The molecule has 0 fully saturated rings. The summed E-state index contributed by atoms with van der Waals surface area (Å²) in [7, 11) is 0. The number of aromatic nitrogens is 1. The van der Waals surface area contributed by atoms with E-state index in [4.69, 9.17) is 0 Å². The Labute approximate surface area is 340 Å². The molecular weight excluding hydrogens is 701 g/mol. The SMILES string of the molecule is CC1(c2ccccc2)C=CC=C(N(c2ccc3c(c2)C(C)(C)c2ccccc2-3)c2ccc(-c3ccc4c(c3)c3ccccc3n4-c3ccccc3)c3ccccc23)C1. The molecule has 0 spiro atoms. The van der Waals surface area contributed by atoms with Crippen molar-refractivity contribution in [1.29, 1.82) is 0 Å². The van der Waals surface area contributed by atoms with Gasteiger partial charge >= 0.3 is 0 Å². The van der Waals surface area contributed by atoms with Crippen molar-refractivity contribution in [2.45, 2.75) is 38.0 Å². The summed E-state index contributed by atoms with van der Waals surface area (Å²) >= 11 is 0. The van der Waals surface area contributed by atoms with Crippen LogP contribution < -0.4 is 4.90 Å². The summed E-state index contributed by atoms with van der Waals surface area (Å²) in [5.74, 6) is 0. The third-order valence-corrected chi connectivity index (χ3v) is 13.0. The Balaban J connectivity index is 1.09. The van der Waals surface area contributed by atoms with E-state index in [0.29, 0.717) is 0 Å². The van der Waals surface area contributed by atoms with Crippen molar-refractivity contribution >= 4 is 44.0 Å². The van der Waals surface area contributed by atoms with E-state index >= 15 is 0 Å². The predicted molar refractivity (Wildman–Crippen MR) is 246 cm³/mol. The molecule has 0 amide bonds. The van der Waals surface area contributed by atoms with Crippen LogP contribution >= 0.6 is 0 Å². The third-order valence-electron chi connectivity index (χ3n) is 13.0. The average molecular weight is 745 g/mol. The molecule has 11 rings (SSSR count). The molecule has 0 aliphatic heterocycles. The van der Waals surface area contributed by atoms with Crippen molar-refractivity contribution < 1.29 is 0 Å². The molecule has 0 bridgehead atoms. The lowest BCUT2D eigenvalue weighted by atomic mass is 9.75. The summed E-state index contributed by atoms with van der Waals surface area (Å²) in [6.07, 6.45) is 7.84. The first-order valence-corrected chi connectivity index (χ1v) is 20.5. The van der Waals surface area contributed by atoms with Crippen LogP contribution in [0.3, 0.4) is 0 Å². The molecule has 1 heterocycles. The van der Waals surface area contributed by atoms with E-state index in [-0.39, 0.29) is 10.8 Å². The Hall–Kier alpha value is -6.90. The smallest absolute Gasteiger partial charge is 0.0541 e. The fourth-order valence-corrected chi connectivity index (χ4v) is 10.1. The van der Waals surface area contributed by atoms with Crippen LogP contribution in [0.1, 0.15) is 43.9 Å². The summed E-state index contributed by atoms with van der Waals surface area (Å²) in [6, 6.07) is 67.3. The lowest BCUT2D eigenvalue weighted by molar-refractivity contribution is 0.575. The van der Waals surface area contributed by atoms with Crippen molar-refractivity contribution in [1.82, 2.24) is 4.57 Å². The van der Waals surface area contributed by atoms with Crippen molar-refractivity contribution in [2.24, 2.45) is 0 Å². The van der Waals surface area contributed by atoms with E-state index < -0.39 is 0 Å². The number of para-hydroxylation sites is 2. The van der Waals surface area contributed by atoms with Crippen LogP contribution in [0.5, 0.6) is 0 Å². The largest absolute Gasteiger partial charge is 0.314 e. The van der Waals surface area contributed by atoms with Gasteiger partial charge in [0.05, 0.1) is 16.7 Å². The van der Waals surface area contributed by atoms with Gasteiger partial charge in [0.1, 0.15) is 0 Å². The summed E-state index contributed by atoms with van der Waals surface area (Å²) in [6.45, 7) is 7.12. The summed E-state index contributed by atoms with van der Waals surface area (Å²) in [4.78, 5) is 2.55. The van der Waals surface area contributed by atoms with Gasteiger partial charge in [-0.15, -0.1) is 0 Å². The second kappa shape index (κ2) is 13.1. The zero-order chi connectivity index (χ0) is 39.0. The average Bonchev–Trinajstić information content (AvgIpc) is 3.72. The van der Waals surface area contributed by atoms with E-state index in [1.807, 2.05) is 0 Å². The maximum Gasteiger partial charge on any atom is 0.0541 e. The number of benzene rings is 8. The van der Waals surface area contributed by atoms with Gasteiger partial charge < -0.3 is 9.47 Å². The monoisotopic (exact) mass is 744 g/mol. The number of anilines is 2. The van der Waals surface area contributed by atoms with Gasteiger partial charge in [-0.2, -0.15) is 0 Å². The Morgan fingerprint density at radius 1 is 0.500 bits per heavy atom. The van der Waals surface area contributed by atoms with E-state index in [9.17, 15) is 0 Å². The van der Waals surface area contributed by atoms with Gasteiger partial charge in [-0.25, -0.2) is 0 Å². The molecule has 58 heavy (non-hydrogen) atoms. The molecule has 1 atom stereocenters. The van der Waals surface area contributed by atoms with E-state index in [1.54, 1.807) is 0 Å². The van der Waals surface area contributed by atoms with Gasteiger partial charge in [0.2, 0.25) is 0 Å². The predicted octanol–water partition coefficient (Wildman–Crippen LogP) is 14.8. The van der Waals surface area contributed by atoms with Crippen molar-refractivity contribution in [3.8, 4) is 27.9 Å². The first kappa shape index (κ1) is 34.4. The van der Waals surface area contributed by atoms with Gasteiger partial charge in [0, 0.05) is 50.5 Å². The van der Waals surface area contributed by atoms with Crippen molar-refractivity contribution in [3.05, 3.63) is 223 Å². The standard InChI is InChI=1S/C56H44N2/c1-55(2)50-26-14-12-23-45(50)46-30-29-41(36-51(46)55)57(42-21-16-34-56(3,37-42)39-17-6-4-7-18-39)53-33-31-43(44-22-10-11-24-47(44)53)38-28-32-54-49(35-38)48-25-13-15-27-52(48)58(54)40-19-8-5-9-20-40/h4-36H,37H2,1-3H3. The highest BCUT2D eigenvalue weighted by Gasteiger charge is 2.37. The molecule has 9 aromatic rings. The van der Waals surface area contributed by atoms with Gasteiger partial charge in [-0.1, -0.05) is 166 Å². The minimum Gasteiger partial charge on any atom is -0.314 e.